The Labute approximate surface area is 118 Å². The molecule has 0 spiro atoms. The lowest BCUT2D eigenvalue weighted by molar-refractivity contribution is 0.247. The van der Waals surface area contributed by atoms with Crippen LogP contribution in [0, 0.1) is 5.92 Å². The smallest absolute Gasteiger partial charge is 0.0154 e. The van der Waals surface area contributed by atoms with Crippen molar-refractivity contribution in [3.05, 3.63) is 35.9 Å². The summed E-state index contributed by atoms with van der Waals surface area (Å²) in [5.41, 5.74) is 8.22. The van der Waals surface area contributed by atoms with Crippen LogP contribution in [0.25, 0.3) is 0 Å². The van der Waals surface area contributed by atoms with Crippen molar-refractivity contribution >= 4 is 0 Å². The highest BCUT2D eigenvalue weighted by Gasteiger charge is 2.31. The van der Waals surface area contributed by atoms with E-state index in [0.29, 0.717) is 0 Å². The summed E-state index contributed by atoms with van der Waals surface area (Å²) < 4.78 is 0. The molecule has 1 aromatic carbocycles. The van der Waals surface area contributed by atoms with Gasteiger partial charge in [-0.15, -0.1) is 0 Å². The first kappa shape index (κ1) is 14.6. The molecule has 0 atom stereocenters. The molecule has 1 saturated carbocycles. The molecule has 0 heterocycles. The summed E-state index contributed by atoms with van der Waals surface area (Å²) in [6, 6.07) is 11.0. The van der Waals surface area contributed by atoms with Crippen molar-refractivity contribution in [3.8, 4) is 0 Å². The molecule has 1 nitrogen and oxygen atoms in total. The maximum Gasteiger partial charge on any atom is 0.0154 e. The predicted molar refractivity (Wildman–Crippen MR) is 83.3 cm³/mol. The Hall–Kier alpha value is -0.820. The van der Waals surface area contributed by atoms with E-state index in [4.69, 9.17) is 5.73 Å². The van der Waals surface area contributed by atoms with E-state index < -0.39 is 0 Å². The van der Waals surface area contributed by atoms with Gasteiger partial charge in [-0.05, 0) is 49.5 Å². The Kier molecular flexibility index (Phi) is 5.04. The fraction of sp³-hybridized carbons (Fsp3) is 0.667. The Bertz CT molecular complexity index is 361. The van der Waals surface area contributed by atoms with Crippen molar-refractivity contribution in [3.63, 3.8) is 0 Å². The summed E-state index contributed by atoms with van der Waals surface area (Å²) in [5, 5.41) is 0. The third kappa shape index (κ3) is 4.35. The van der Waals surface area contributed by atoms with Crippen molar-refractivity contribution in [2.45, 2.75) is 70.3 Å². The van der Waals surface area contributed by atoms with Crippen LogP contribution in [0.2, 0.25) is 0 Å². The molecule has 0 saturated heterocycles. The molecule has 1 aliphatic carbocycles. The molecular formula is C18H29N. The van der Waals surface area contributed by atoms with Gasteiger partial charge in [0.05, 0.1) is 0 Å². The molecule has 2 rings (SSSR count). The molecule has 0 aromatic heterocycles. The molecule has 0 radical (unpaired) electrons. The Morgan fingerprint density at radius 3 is 2.37 bits per heavy atom. The lowest BCUT2D eigenvalue weighted by Crippen LogP contribution is -2.42. The van der Waals surface area contributed by atoms with Gasteiger partial charge in [0.25, 0.3) is 0 Å². The zero-order valence-corrected chi connectivity index (χ0v) is 12.6. The molecule has 2 N–H and O–H groups in total. The predicted octanol–water partition coefficient (Wildman–Crippen LogP) is 4.87. The largest absolute Gasteiger partial charge is 0.325 e. The van der Waals surface area contributed by atoms with Gasteiger partial charge in [0.2, 0.25) is 0 Å². The van der Waals surface area contributed by atoms with Gasteiger partial charge < -0.3 is 5.73 Å². The zero-order valence-electron chi connectivity index (χ0n) is 12.6. The summed E-state index contributed by atoms with van der Waals surface area (Å²) in [7, 11) is 0. The summed E-state index contributed by atoms with van der Waals surface area (Å²) in [6.45, 7) is 4.60. The zero-order chi connectivity index (χ0) is 13.7. The number of rotatable bonds is 5. The lowest BCUT2D eigenvalue weighted by Gasteiger charge is -2.37. The molecule has 1 aliphatic rings. The van der Waals surface area contributed by atoms with Gasteiger partial charge in [0.1, 0.15) is 0 Å². The second kappa shape index (κ2) is 6.56. The van der Waals surface area contributed by atoms with Gasteiger partial charge in [0.15, 0.2) is 0 Å². The van der Waals surface area contributed by atoms with Gasteiger partial charge in [-0.2, -0.15) is 0 Å². The van der Waals surface area contributed by atoms with E-state index in [2.05, 4.69) is 44.2 Å². The standard InChI is InChI=1S/C18H29N/c1-15(2)7-6-12-18(19)13-10-17(11-14-18)16-8-4-3-5-9-16/h3-5,8-9,15,17H,6-7,10-14,19H2,1-2H3. The molecule has 106 valence electrons. The van der Waals surface area contributed by atoms with E-state index in [9.17, 15) is 0 Å². The summed E-state index contributed by atoms with van der Waals surface area (Å²) in [4.78, 5) is 0. The minimum Gasteiger partial charge on any atom is -0.325 e. The molecule has 1 aromatic rings. The SMILES string of the molecule is CC(C)CCCC1(N)CCC(c2ccccc2)CC1. The molecule has 19 heavy (non-hydrogen) atoms. The van der Waals surface area contributed by atoms with Crippen molar-refractivity contribution in [1.29, 1.82) is 0 Å². The molecule has 0 unspecified atom stereocenters. The van der Waals surface area contributed by atoms with Crippen LogP contribution in [-0.4, -0.2) is 5.54 Å². The van der Waals surface area contributed by atoms with Crippen molar-refractivity contribution in [2.75, 3.05) is 0 Å². The quantitative estimate of drug-likeness (QED) is 0.802. The first-order chi connectivity index (χ1) is 9.09. The minimum absolute atomic E-state index is 0.125. The molecule has 1 fully saturated rings. The minimum atomic E-state index is 0.125. The monoisotopic (exact) mass is 259 g/mol. The van der Waals surface area contributed by atoms with Crippen LogP contribution in [0.5, 0.6) is 0 Å². The van der Waals surface area contributed by atoms with Crippen LogP contribution < -0.4 is 5.73 Å². The number of hydrogen-bond acceptors (Lipinski definition) is 1. The average Bonchev–Trinajstić information content (AvgIpc) is 2.40. The maximum atomic E-state index is 6.59. The molecule has 1 heteroatoms. The van der Waals surface area contributed by atoms with E-state index in [1.165, 1.54) is 50.5 Å². The first-order valence-electron chi connectivity index (χ1n) is 7.93. The molecular weight excluding hydrogens is 230 g/mol. The highest BCUT2D eigenvalue weighted by Crippen LogP contribution is 2.39. The van der Waals surface area contributed by atoms with E-state index in [1.54, 1.807) is 0 Å². The van der Waals surface area contributed by atoms with E-state index in [-0.39, 0.29) is 5.54 Å². The van der Waals surface area contributed by atoms with Crippen molar-refractivity contribution in [1.82, 2.24) is 0 Å². The fourth-order valence-electron chi connectivity index (χ4n) is 3.36. The molecule has 0 amide bonds. The van der Waals surface area contributed by atoms with Crippen LogP contribution in [-0.2, 0) is 0 Å². The van der Waals surface area contributed by atoms with Crippen molar-refractivity contribution < 1.29 is 0 Å². The van der Waals surface area contributed by atoms with Crippen LogP contribution >= 0.6 is 0 Å². The van der Waals surface area contributed by atoms with Crippen LogP contribution in [0.1, 0.15) is 70.3 Å². The molecule has 0 aliphatic heterocycles. The van der Waals surface area contributed by atoms with E-state index >= 15 is 0 Å². The Balaban J connectivity index is 1.81. The maximum absolute atomic E-state index is 6.59. The second-order valence-corrected chi connectivity index (χ2v) is 6.83. The highest BCUT2D eigenvalue weighted by molar-refractivity contribution is 5.20. The Morgan fingerprint density at radius 1 is 1.16 bits per heavy atom. The average molecular weight is 259 g/mol. The topological polar surface area (TPSA) is 26.0 Å². The van der Waals surface area contributed by atoms with E-state index in [0.717, 1.165) is 11.8 Å². The fourth-order valence-corrected chi connectivity index (χ4v) is 3.36. The summed E-state index contributed by atoms with van der Waals surface area (Å²) in [5.74, 6) is 1.55. The van der Waals surface area contributed by atoms with Crippen LogP contribution in [0.4, 0.5) is 0 Å². The summed E-state index contributed by atoms with van der Waals surface area (Å²) >= 11 is 0. The first-order valence-corrected chi connectivity index (χ1v) is 7.93. The normalized spacial score (nSPS) is 27.7. The highest BCUT2D eigenvalue weighted by atomic mass is 14.7. The summed E-state index contributed by atoms with van der Waals surface area (Å²) in [6.07, 6.45) is 8.76. The van der Waals surface area contributed by atoms with Gasteiger partial charge in [0, 0.05) is 5.54 Å². The van der Waals surface area contributed by atoms with Gasteiger partial charge in [-0.3, -0.25) is 0 Å². The van der Waals surface area contributed by atoms with Gasteiger partial charge in [-0.1, -0.05) is 57.0 Å². The van der Waals surface area contributed by atoms with Crippen LogP contribution in [0.3, 0.4) is 0 Å². The van der Waals surface area contributed by atoms with Gasteiger partial charge in [-0.25, -0.2) is 0 Å². The molecule has 0 bridgehead atoms. The van der Waals surface area contributed by atoms with Crippen LogP contribution in [0.15, 0.2) is 30.3 Å². The number of benzene rings is 1. The number of nitrogens with two attached hydrogens (primary N) is 1. The number of hydrogen-bond donors (Lipinski definition) is 1. The Morgan fingerprint density at radius 2 is 1.79 bits per heavy atom. The van der Waals surface area contributed by atoms with Crippen molar-refractivity contribution in [2.24, 2.45) is 11.7 Å². The lowest BCUT2D eigenvalue weighted by atomic mass is 9.72. The third-order valence-electron chi connectivity index (χ3n) is 4.71. The second-order valence-electron chi connectivity index (χ2n) is 6.83. The van der Waals surface area contributed by atoms with Gasteiger partial charge >= 0.3 is 0 Å². The van der Waals surface area contributed by atoms with E-state index in [1.807, 2.05) is 0 Å². The third-order valence-corrected chi connectivity index (χ3v) is 4.71.